The Morgan fingerprint density at radius 1 is 1.83 bits per heavy atom. The second kappa shape index (κ2) is 5.06. The fraction of sp³-hybridized carbons (Fsp3) is 1.00. The van der Waals surface area contributed by atoms with Gasteiger partial charge in [0.2, 0.25) is 0 Å². The van der Waals surface area contributed by atoms with E-state index in [-0.39, 0.29) is 8.46 Å². The summed E-state index contributed by atoms with van der Waals surface area (Å²) in [5, 5.41) is 0. The summed E-state index contributed by atoms with van der Waals surface area (Å²) in [5.74, 6) is 0. The Morgan fingerprint density at radius 2 is 2.50 bits per heavy atom. The first-order chi connectivity index (χ1) is 2.91. The van der Waals surface area contributed by atoms with Crippen LogP contribution in [0.25, 0.3) is 0 Å². The lowest BCUT2D eigenvalue weighted by Gasteiger charge is -1.84. The molecule has 0 fully saturated rings. The molecule has 0 N–H and O–H groups in total. The summed E-state index contributed by atoms with van der Waals surface area (Å²) >= 11 is 0. The zero-order valence-corrected chi connectivity index (χ0v) is 4.57. The molecule has 0 aromatic rings. The molecule has 0 heterocycles. The van der Waals surface area contributed by atoms with Crippen molar-refractivity contribution < 1.29 is 9.30 Å². The molecule has 0 aliphatic heterocycles. The summed E-state index contributed by atoms with van der Waals surface area (Å²) in [6, 6.07) is 0. The van der Waals surface area contributed by atoms with Crippen molar-refractivity contribution in [2.45, 2.75) is 6.92 Å². The minimum Gasteiger partial charge on any atom is -0.370 e. The Balaban J connectivity index is 2.49. The van der Waals surface area contributed by atoms with E-state index in [4.69, 9.17) is 0 Å². The Bertz CT molecular complexity index is 37.8. The Labute approximate surface area is 38.7 Å². The van der Waals surface area contributed by atoms with Gasteiger partial charge in [-0.15, -0.1) is 0 Å². The number of rotatable bonds is 3. The molecule has 0 rings (SSSR count). The topological polar surface area (TPSA) is 26.3 Å². The molecule has 36 valence electrons. The summed E-state index contributed by atoms with van der Waals surface area (Å²) in [5.41, 5.74) is 0. The van der Waals surface area contributed by atoms with Crippen molar-refractivity contribution in [2.24, 2.45) is 0 Å². The largest absolute Gasteiger partial charge is 0.370 e. The molecule has 6 heavy (non-hydrogen) atoms. The lowest BCUT2D eigenvalue weighted by atomic mass is 10.9. The number of hydrogen-bond acceptors (Lipinski definition) is 2. The molecule has 0 spiro atoms. The van der Waals surface area contributed by atoms with Crippen LogP contribution in [-0.4, -0.2) is 13.0 Å². The van der Waals surface area contributed by atoms with Crippen LogP contribution in [0.5, 0.6) is 0 Å². The quantitative estimate of drug-likeness (QED) is 0.400. The molecule has 0 aromatic carbocycles. The molecule has 0 saturated carbocycles. The lowest BCUT2D eigenvalue weighted by molar-refractivity contribution is 0.195. The number of ether oxygens (including phenoxy) is 1. The molecule has 0 aromatic heterocycles. The summed E-state index contributed by atoms with van der Waals surface area (Å²) < 4.78 is 14.2. The van der Waals surface area contributed by atoms with E-state index in [1.807, 2.05) is 6.92 Å². The standard InChI is InChI=1S/C3H7O2P/c1-2-5-3-6-4/h2-3H2,1H3. The molecule has 0 bridgehead atoms. The fourth-order valence-electron chi connectivity index (χ4n) is 0.129. The molecular weight excluding hydrogens is 99.0 g/mol. The zero-order valence-electron chi connectivity index (χ0n) is 3.68. The van der Waals surface area contributed by atoms with E-state index in [2.05, 4.69) is 4.74 Å². The molecule has 0 aliphatic carbocycles. The van der Waals surface area contributed by atoms with Gasteiger partial charge in [-0.05, 0) is 6.92 Å². The van der Waals surface area contributed by atoms with Crippen LogP contribution in [0.15, 0.2) is 0 Å². The maximum atomic E-state index is 9.54. The molecule has 2 nitrogen and oxygen atoms in total. The van der Waals surface area contributed by atoms with Crippen molar-refractivity contribution >= 4 is 8.46 Å². The second-order valence-corrected chi connectivity index (χ2v) is 1.27. The SMILES string of the molecule is CCOCP=O. The second-order valence-electron chi connectivity index (χ2n) is 0.751. The van der Waals surface area contributed by atoms with Crippen molar-refractivity contribution in [3.63, 3.8) is 0 Å². The van der Waals surface area contributed by atoms with Crippen molar-refractivity contribution in [3.8, 4) is 0 Å². The van der Waals surface area contributed by atoms with Crippen LogP contribution in [0.3, 0.4) is 0 Å². The van der Waals surface area contributed by atoms with Crippen molar-refractivity contribution in [1.82, 2.24) is 0 Å². The van der Waals surface area contributed by atoms with E-state index in [1.165, 1.54) is 0 Å². The van der Waals surface area contributed by atoms with Crippen molar-refractivity contribution in [2.75, 3.05) is 13.0 Å². The van der Waals surface area contributed by atoms with Gasteiger partial charge < -0.3 is 4.74 Å². The van der Waals surface area contributed by atoms with Gasteiger partial charge >= 0.3 is 0 Å². The molecule has 0 saturated heterocycles. The maximum absolute atomic E-state index is 9.54. The van der Waals surface area contributed by atoms with Gasteiger partial charge in [0, 0.05) is 6.61 Å². The van der Waals surface area contributed by atoms with Gasteiger partial charge in [0.25, 0.3) is 0 Å². The third kappa shape index (κ3) is 4.06. The van der Waals surface area contributed by atoms with E-state index >= 15 is 0 Å². The third-order valence-electron chi connectivity index (χ3n) is 0.348. The van der Waals surface area contributed by atoms with Crippen LogP contribution in [0.4, 0.5) is 0 Å². The fourth-order valence-corrected chi connectivity index (χ4v) is 0.386. The highest BCUT2D eigenvalue weighted by atomic mass is 31.1. The molecule has 0 aliphatic rings. The molecule has 0 amide bonds. The van der Waals surface area contributed by atoms with E-state index in [0.717, 1.165) is 0 Å². The van der Waals surface area contributed by atoms with Gasteiger partial charge in [-0.1, -0.05) is 0 Å². The smallest absolute Gasteiger partial charge is 0.183 e. The van der Waals surface area contributed by atoms with E-state index < -0.39 is 0 Å². The Hall–Kier alpha value is 0.0600. The van der Waals surface area contributed by atoms with E-state index in [1.54, 1.807) is 0 Å². The predicted octanol–water partition coefficient (Wildman–Crippen LogP) is 1.27. The average Bonchev–Trinajstić information content (AvgIpc) is 1.61. The van der Waals surface area contributed by atoms with Crippen molar-refractivity contribution in [1.29, 1.82) is 0 Å². The highest BCUT2D eigenvalue weighted by molar-refractivity contribution is 7.23. The Kier molecular flexibility index (Phi) is 5.11. The van der Waals surface area contributed by atoms with Crippen LogP contribution in [0, 0.1) is 0 Å². The molecule has 0 atom stereocenters. The lowest BCUT2D eigenvalue weighted by Crippen LogP contribution is -1.81. The normalized spacial score (nSPS) is 9.50. The zero-order chi connectivity index (χ0) is 4.83. The summed E-state index contributed by atoms with van der Waals surface area (Å²) in [6.07, 6.45) is 0.330. The molecule has 0 radical (unpaired) electrons. The van der Waals surface area contributed by atoms with Crippen LogP contribution in [0.1, 0.15) is 6.92 Å². The minimum absolute atomic E-state index is 0.0732. The van der Waals surface area contributed by atoms with Gasteiger partial charge in [0.05, 0.1) is 0 Å². The molecule has 3 heteroatoms. The highest BCUT2D eigenvalue weighted by Gasteiger charge is 1.73. The summed E-state index contributed by atoms with van der Waals surface area (Å²) in [7, 11) is 0.0732. The van der Waals surface area contributed by atoms with Crippen LogP contribution < -0.4 is 0 Å². The van der Waals surface area contributed by atoms with Gasteiger partial charge in [-0.25, -0.2) is 0 Å². The first-order valence-corrected chi connectivity index (χ1v) is 2.78. The van der Waals surface area contributed by atoms with E-state index in [0.29, 0.717) is 13.0 Å². The van der Waals surface area contributed by atoms with Crippen LogP contribution >= 0.6 is 8.46 Å². The van der Waals surface area contributed by atoms with Gasteiger partial charge in [-0.3, -0.25) is 4.57 Å². The first-order valence-electron chi connectivity index (χ1n) is 1.78. The molecular formula is C3H7O2P. The predicted molar refractivity (Wildman–Crippen MR) is 24.1 cm³/mol. The summed E-state index contributed by atoms with van der Waals surface area (Å²) in [4.78, 5) is 0. The molecule has 0 unspecified atom stereocenters. The first kappa shape index (κ1) is 6.06. The third-order valence-corrected chi connectivity index (χ3v) is 0.636. The Morgan fingerprint density at radius 3 is 2.67 bits per heavy atom. The van der Waals surface area contributed by atoms with Crippen LogP contribution in [0.2, 0.25) is 0 Å². The van der Waals surface area contributed by atoms with Crippen LogP contribution in [-0.2, 0) is 9.30 Å². The van der Waals surface area contributed by atoms with Crippen molar-refractivity contribution in [3.05, 3.63) is 0 Å². The van der Waals surface area contributed by atoms with Gasteiger partial charge in [0.15, 0.2) is 8.46 Å². The monoisotopic (exact) mass is 106 g/mol. The highest BCUT2D eigenvalue weighted by Crippen LogP contribution is 1.88. The maximum Gasteiger partial charge on any atom is 0.183 e. The van der Waals surface area contributed by atoms with Gasteiger partial charge in [-0.2, -0.15) is 0 Å². The summed E-state index contributed by atoms with van der Waals surface area (Å²) in [6.45, 7) is 2.51. The number of hydrogen-bond donors (Lipinski definition) is 0. The van der Waals surface area contributed by atoms with E-state index in [9.17, 15) is 4.57 Å². The minimum atomic E-state index is 0.0732. The average molecular weight is 106 g/mol. The van der Waals surface area contributed by atoms with Gasteiger partial charge in [0.1, 0.15) is 6.35 Å².